The zero-order chi connectivity index (χ0) is 11.4. The number of carbonyl (C=O) groups excluding carboxylic acids is 1. The maximum absolute atomic E-state index is 11.3. The van der Waals surface area contributed by atoms with Crippen LogP contribution >= 0.6 is 0 Å². The molecular weight excluding hydrogens is 198 g/mol. The number of rotatable bonds is 5. The molecule has 1 N–H and O–H groups in total. The highest BCUT2D eigenvalue weighted by molar-refractivity contribution is 5.75. The second-order valence-corrected chi connectivity index (χ2v) is 4.57. The van der Waals surface area contributed by atoms with Gasteiger partial charge in [-0.2, -0.15) is 0 Å². The minimum Gasteiger partial charge on any atom is -0.356 e. The van der Waals surface area contributed by atoms with Crippen LogP contribution in [-0.4, -0.2) is 12.5 Å². The molecule has 0 aliphatic heterocycles. The first-order valence-corrected chi connectivity index (χ1v) is 6.13. The second-order valence-electron chi connectivity index (χ2n) is 4.57. The van der Waals surface area contributed by atoms with Crippen LogP contribution in [-0.2, 0) is 4.79 Å². The Morgan fingerprint density at radius 2 is 2.12 bits per heavy atom. The number of hydrogen-bond acceptors (Lipinski definition) is 1. The molecule has 1 saturated carbocycles. The molecule has 1 amide bonds. The number of nitrogens with one attached hydrogen (secondary N) is 1. The van der Waals surface area contributed by atoms with Crippen LogP contribution < -0.4 is 5.32 Å². The Balaban J connectivity index is 1.74. The van der Waals surface area contributed by atoms with Gasteiger partial charge in [-0.05, 0) is 30.2 Å². The first-order valence-electron chi connectivity index (χ1n) is 6.13. The van der Waals surface area contributed by atoms with Crippen LogP contribution in [0.1, 0.15) is 37.7 Å². The predicted octanol–water partition coefficient (Wildman–Crippen LogP) is 2.71. The fourth-order valence-electron chi connectivity index (χ4n) is 2.14. The lowest BCUT2D eigenvalue weighted by molar-refractivity contribution is -0.121. The zero-order valence-electron chi connectivity index (χ0n) is 9.78. The van der Waals surface area contributed by atoms with Crippen LogP contribution in [0.15, 0.2) is 30.3 Å². The molecule has 1 aliphatic carbocycles. The third-order valence-corrected chi connectivity index (χ3v) is 3.19. The largest absolute Gasteiger partial charge is 0.356 e. The average Bonchev–Trinajstić information content (AvgIpc) is 3.07. The first-order chi connectivity index (χ1) is 7.81. The van der Waals surface area contributed by atoms with E-state index in [2.05, 4.69) is 29.6 Å². The van der Waals surface area contributed by atoms with Crippen molar-refractivity contribution >= 4 is 5.91 Å². The average molecular weight is 217 g/mol. The van der Waals surface area contributed by atoms with E-state index in [1.165, 1.54) is 12.0 Å². The monoisotopic (exact) mass is 217 g/mol. The topological polar surface area (TPSA) is 29.1 Å². The molecule has 0 bridgehead atoms. The number of hydrogen-bond donors (Lipinski definition) is 1. The Kier molecular flexibility index (Phi) is 3.60. The number of carbonyl (C=O) groups is 1. The molecule has 0 aromatic heterocycles. The normalized spacial score (nSPS) is 22.8. The van der Waals surface area contributed by atoms with Gasteiger partial charge in [0.25, 0.3) is 0 Å². The van der Waals surface area contributed by atoms with Crippen molar-refractivity contribution in [2.24, 2.45) is 5.92 Å². The van der Waals surface area contributed by atoms with Crippen LogP contribution in [0.2, 0.25) is 0 Å². The summed E-state index contributed by atoms with van der Waals surface area (Å²) in [5.41, 5.74) is 1.41. The van der Waals surface area contributed by atoms with Gasteiger partial charge < -0.3 is 5.32 Å². The third kappa shape index (κ3) is 2.84. The van der Waals surface area contributed by atoms with E-state index in [1.807, 2.05) is 13.0 Å². The Labute approximate surface area is 97.1 Å². The molecule has 16 heavy (non-hydrogen) atoms. The van der Waals surface area contributed by atoms with E-state index in [0.29, 0.717) is 18.3 Å². The highest BCUT2D eigenvalue weighted by atomic mass is 16.1. The molecule has 1 aliphatic rings. The van der Waals surface area contributed by atoms with Crippen molar-refractivity contribution in [3.8, 4) is 0 Å². The van der Waals surface area contributed by atoms with Crippen molar-refractivity contribution in [1.29, 1.82) is 0 Å². The summed E-state index contributed by atoms with van der Waals surface area (Å²) >= 11 is 0. The van der Waals surface area contributed by atoms with Crippen molar-refractivity contribution in [3.63, 3.8) is 0 Å². The maximum Gasteiger partial charge on any atom is 0.219 e. The van der Waals surface area contributed by atoms with Gasteiger partial charge in [0.15, 0.2) is 0 Å². The standard InChI is InChI=1S/C14H19NO/c1-2-6-14(16)15-10-12-9-13(12)11-7-4-3-5-8-11/h3-5,7-8,12-13H,2,6,9-10H2,1H3,(H,15,16). The predicted molar refractivity (Wildman–Crippen MR) is 65.2 cm³/mol. The molecule has 1 aromatic carbocycles. The van der Waals surface area contributed by atoms with Crippen molar-refractivity contribution in [3.05, 3.63) is 35.9 Å². The summed E-state index contributed by atoms with van der Waals surface area (Å²) in [4.78, 5) is 11.3. The van der Waals surface area contributed by atoms with E-state index in [1.54, 1.807) is 0 Å². The minimum absolute atomic E-state index is 0.196. The molecule has 2 unspecified atom stereocenters. The Bertz CT molecular complexity index is 347. The van der Waals surface area contributed by atoms with E-state index in [9.17, 15) is 4.79 Å². The number of benzene rings is 1. The smallest absolute Gasteiger partial charge is 0.219 e. The van der Waals surface area contributed by atoms with Gasteiger partial charge >= 0.3 is 0 Å². The summed E-state index contributed by atoms with van der Waals surface area (Å²) < 4.78 is 0. The van der Waals surface area contributed by atoms with Crippen LogP contribution in [0.3, 0.4) is 0 Å². The van der Waals surface area contributed by atoms with E-state index in [-0.39, 0.29) is 5.91 Å². The van der Waals surface area contributed by atoms with Gasteiger partial charge in [-0.25, -0.2) is 0 Å². The Morgan fingerprint density at radius 1 is 1.38 bits per heavy atom. The van der Waals surface area contributed by atoms with Crippen LogP contribution in [0, 0.1) is 5.92 Å². The van der Waals surface area contributed by atoms with E-state index in [0.717, 1.165) is 13.0 Å². The highest BCUT2D eigenvalue weighted by Crippen LogP contribution is 2.46. The minimum atomic E-state index is 0.196. The van der Waals surface area contributed by atoms with Gasteiger partial charge in [-0.15, -0.1) is 0 Å². The lowest BCUT2D eigenvalue weighted by atomic mass is 10.1. The molecule has 0 saturated heterocycles. The summed E-state index contributed by atoms with van der Waals surface area (Å²) in [7, 11) is 0. The molecule has 0 spiro atoms. The molecule has 2 rings (SSSR count). The molecule has 2 heteroatoms. The fraction of sp³-hybridized carbons (Fsp3) is 0.500. The van der Waals surface area contributed by atoms with Gasteiger partial charge in [0.2, 0.25) is 5.91 Å². The van der Waals surface area contributed by atoms with Gasteiger partial charge in [-0.3, -0.25) is 4.79 Å². The molecule has 0 radical (unpaired) electrons. The molecule has 2 nitrogen and oxygen atoms in total. The second kappa shape index (κ2) is 5.15. The number of amides is 1. The molecule has 1 fully saturated rings. The molecular formula is C14H19NO. The van der Waals surface area contributed by atoms with Crippen molar-refractivity contribution in [1.82, 2.24) is 5.32 Å². The SMILES string of the molecule is CCCC(=O)NCC1CC1c1ccccc1. The van der Waals surface area contributed by atoms with E-state index >= 15 is 0 Å². The molecule has 1 aromatic rings. The summed E-state index contributed by atoms with van der Waals surface area (Å²) in [6, 6.07) is 10.6. The molecule has 86 valence electrons. The maximum atomic E-state index is 11.3. The van der Waals surface area contributed by atoms with Crippen molar-refractivity contribution in [2.75, 3.05) is 6.54 Å². The van der Waals surface area contributed by atoms with Gasteiger partial charge in [0, 0.05) is 13.0 Å². The van der Waals surface area contributed by atoms with Crippen LogP contribution in [0.4, 0.5) is 0 Å². The highest BCUT2D eigenvalue weighted by Gasteiger charge is 2.37. The summed E-state index contributed by atoms with van der Waals surface area (Å²) in [6.07, 6.45) is 2.80. The Hall–Kier alpha value is -1.31. The van der Waals surface area contributed by atoms with Gasteiger partial charge in [0.1, 0.15) is 0 Å². The van der Waals surface area contributed by atoms with Crippen molar-refractivity contribution < 1.29 is 4.79 Å². The van der Waals surface area contributed by atoms with Gasteiger partial charge in [0.05, 0.1) is 0 Å². The summed E-state index contributed by atoms with van der Waals surface area (Å²) in [5, 5.41) is 3.01. The lowest BCUT2D eigenvalue weighted by Crippen LogP contribution is -2.25. The molecule has 0 heterocycles. The van der Waals surface area contributed by atoms with Gasteiger partial charge in [-0.1, -0.05) is 37.3 Å². The summed E-state index contributed by atoms with van der Waals surface area (Å²) in [6.45, 7) is 2.88. The Morgan fingerprint density at radius 3 is 2.81 bits per heavy atom. The van der Waals surface area contributed by atoms with Crippen LogP contribution in [0.5, 0.6) is 0 Å². The van der Waals surface area contributed by atoms with E-state index < -0.39 is 0 Å². The van der Waals surface area contributed by atoms with Crippen LogP contribution in [0.25, 0.3) is 0 Å². The quantitative estimate of drug-likeness (QED) is 0.807. The fourth-order valence-corrected chi connectivity index (χ4v) is 2.14. The molecule has 2 atom stereocenters. The van der Waals surface area contributed by atoms with E-state index in [4.69, 9.17) is 0 Å². The summed E-state index contributed by atoms with van der Waals surface area (Å²) in [5.74, 6) is 1.52. The zero-order valence-corrected chi connectivity index (χ0v) is 9.78. The lowest BCUT2D eigenvalue weighted by Gasteiger charge is -2.03. The van der Waals surface area contributed by atoms with Crippen molar-refractivity contribution in [2.45, 2.75) is 32.1 Å². The third-order valence-electron chi connectivity index (χ3n) is 3.19. The first kappa shape index (κ1) is 11.2.